The van der Waals surface area contributed by atoms with E-state index in [1.165, 1.54) is 0 Å². The van der Waals surface area contributed by atoms with Crippen molar-refractivity contribution in [2.24, 2.45) is 0 Å². The van der Waals surface area contributed by atoms with Gasteiger partial charge >= 0.3 is 0 Å². The Hall–Kier alpha value is -0.740. The molecule has 1 aromatic rings. The van der Waals surface area contributed by atoms with Crippen molar-refractivity contribution in [2.75, 3.05) is 18.7 Å². The summed E-state index contributed by atoms with van der Waals surface area (Å²) in [6.45, 7) is 1.73. The Morgan fingerprint density at radius 1 is 1.27 bits per heavy atom. The van der Waals surface area contributed by atoms with Crippen molar-refractivity contribution in [3.05, 3.63) is 23.8 Å². The molecule has 0 saturated heterocycles. The maximum Gasteiger partial charge on any atom is 0.231 e. The number of hydrogen-bond donors (Lipinski definition) is 0. The summed E-state index contributed by atoms with van der Waals surface area (Å²) in [4.78, 5) is 0. The predicted molar refractivity (Wildman–Crippen MR) is 60.6 cm³/mol. The van der Waals surface area contributed by atoms with E-state index in [1.54, 1.807) is 0 Å². The number of rotatable bonds is 5. The highest BCUT2D eigenvalue weighted by molar-refractivity contribution is 9.09. The van der Waals surface area contributed by atoms with Crippen molar-refractivity contribution >= 4 is 15.9 Å². The molecule has 0 amide bonds. The summed E-state index contributed by atoms with van der Waals surface area (Å²) >= 11 is 3.36. The second-order valence-corrected chi connectivity index (χ2v) is 4.08. The SMILES string of the molecule is BrCCCOCc1ccc2c(c1)OCO2. The zero-order valence-electron chi connectivity index (χ0n) is 8.37. The Labute approximate surface area is 97.5 Å². The van der Waals surface area contributed by atoms with Crippen molar-refractivity contribution < 1.29 is 14.2 Å². The van der Waals surface area contributed by atoms with Crippen LogP contribution < -0.4 is 9.47 Å². The molecule has 0 atom stereocenters. The number of benzene rings is 1. The normalized spacial score (nSPS) is 13.1. The lowest BCUT2D eigenvalue weighted by molar-refractivity contribution is 0.122. The van der Waals surface area contributed by atoms with E-state index in [4.69, 9.17) is 14.2 Å². The molecule has 1 heterocycles. The Bertz CT molecular complexity index is 328. The molecule has 0 fully saturated rings. The van der Waals surface area contributed by atoms with E-state index in [2.05, 4.69) is 15.9 Å². The highest BCUT2D eigenvalue weighted by Gasteiger charge is 2.12. The standard InChI is InChI=1S/C11H13BrO3/c12-4-1-5-13-7-9-2-3-10-11(6-9)15-8-14-10/h2-3,6H,1,4-5,7-8H2. The van der Waals surface area contributed by atoms with Gasteiger partial charge in [0.1, 0.15) is 0 Å². The first kappa shape index (κ1) is 10.8. The van der Waals surface area contributed by atoms with Gasteiger partial charge in [0, 0.05) is 11.9 Å². The highest BCUT2D eigenvalue weighted by Crippen LogP contribution is 2.32. The van der Waals surface area contributed by atoms with Gasteiger partial charge in [-0.05, 0) is 24.1 Å². The van der Waals surface area contributed by atoms with Crippen molar-refractivity contribution in [1.29, 1.82) is 0 Å². The molecule has 0 N–H and O–H groups in total. The van der Waals surface area contributed by atoms with Crippen molar-refractivity contribution in [3.8, 4) is 11.5 Å². The van der Waals surface area contributed by atoms with Gasteiger partial charge in [-0.2, -0.15) is 0 Å². The molecular formula is C11H13BrO3. The van der Waals surface area contributed by atoms with Gasteiger partial charge in [0.15, 0.2) is 11.5 Å². The van der Waals surface area contributed by atoms with E-state index in [0.717, 1.165) is 35.4 Å². The first-order chi connectivity index (χ1) is 7.40. The molecule has 0 saturated carbocycles. The summed E-state index contributed by atoms with van der Waals surface area (Å²) in [6, 6.07) is 5.89. The highest BCUT2D eigenvalue weighted by atomic mass is 79.9. The number of hydrogen-bond acceptors (Lipinski definition) is 3. The fourth-order valence-electron chi connectivity index (χ4n) is 1.38. The van der Waals surface area contributed by atoms with Crippen LogP contribution in [0.2, 0.25) is 0 Å². The average molecular weight is 273 g/mol. The summed E-state index contributed by atoms with van der Waals surface area (Å²) < 4.78 is 16.0. The largest absolute Gasteiger partial charge is 0.454 e. The third-order valence-corrected chi connectivity index (χ3v) is 2.69. The molecule has 15 heavy (non-hydrogen) atoms. The fraction of sp³-hybridized carbons (Fsp3) is 0.455. The lowest BCUT2D eigenvalue weighted by atomic mass is 10.2. The summed E-state index contributed by atoms with van der Waals surface area (Å²) in [7, 11) is 0. The van der Waals surface area contributed by atoms with Gasteiger partial charge in [-0.15, -0.1) is 0 Å². The Morgan fingerprint density at radius 2 is 2.13 bits per heavy atom. The smallest absolute Gasteiger partial charge is 0.231 e. The van der Waals surface area contributed by atoms with Crippen LogP contribution in [0.1, 0.15) is 12.0 Å². The minimum atomic E-state index is 0.323. The molecule has 0 aromatic heterocycles. The summed E-state index contributed by atoms with van der Waals surface area (Å²) in [5, 5.41) is 0.980. The molecule has 0 bridgehead atoms. The molecule has 1 aromatic carbocycles. The topological polar surface area (TPSA) is 27.7 Å². The van der Waals surface area contributed by atoms with Crippen LogP contribution >= 0.6 is 15.9 Å². The van der Waals surface area contributed by atoms with Gasteiger partial charge < -0.3 is 14.2 Å². The maximum absolute atomic E-state index is 5.49. The van der Waals surface area contributed by atoms with E-state index < -0.39 is 0 Å². The molecule has 0 radical (unpaired) electrons. The van der Waals surface area contributed by atoms with Gasteiger partial charge in [-0.25, -0.2) is 0 Å². The average Bonchev–Trinajstić information content (AvgIpc) is 2.71. The Morgan fingerprint density at radius 3 is 3.00 bits per heavy atom. The minimum Gasteiger partial charge on any atom is -0.454 e. The Balaban J connectivity index is 1.87. The van der Waals surface area contributed by atoms with Crippen LogP contribution in [-0.4, -0.2) is 18.7 Å². The molecule has 0 aliphatic carbocycles. The quantitative estimate of drug-likeness (QED) is 0.610. The lowest BCUT2D eigenvalue weighted by Gasteiger charge is -2.04. The van der Waals surface area contributed by atoms with Gasteiger partial charge in [-0.1, -0.05) is 22.0 Å². The summed E-state index contributed by atoms with van der Waals surface area (Å²) in [5.74, 6) is 1.63. The van der Waals surface area contributed by atoms with E-state index in [-0.39, 0.29) is 0 Å². The molecule has 82 valence electrons. The summed E-state index contributed by atoms with van der Waals surface area (Å²) in [5.41, 5.74) is 1.12. The molecule has 1 aliphatic rings. The zero-order chi connectivity index (χ0) is 10.5. The lowest BCUT2D eigenvalue weighted by Crippen LogP contribution is -1.96. The zero-order valence-corrected chi connectivity index (χ0v) is 9.96. The van der Waals surface area contributed by atoms with Crippen LogP contribution in [0.25, 0.3) is 0 Å². The Kier molecular flexibility index (Phi) is 3.86. The van der Waals surface area contributed by atoms with Crippen LogP contribution in [0.5, 0.6) is 11.5 Å². The van der Waals surface area contributed by atoms with E-state index in [0.29, 0.717) is 13.4 Å². The van der Waals surface area contributed by atoms with Crippen molar-refractivity contribution in [2.45, 2.75) is 13.0 Å². The number of alkyl halides is 1. The maximum atomic E-state index is 5.49. The molecule has 0 unspecified atom stereocenters. The third kappa shape index (κ3) is 2.86. The monoisotopic (exact) mass is 272 g/mol. The molecule has 1 aliphatic heterocycles. The predicted octanol–water partition coefficient (Wildman–Crippen LogP) is 2.72. The molecule has 2 rings (SSSR count). The van der Waals surface area contributed by atoms with Gasteiger partial charge in [0.25, 0.3) is 0 Å². The van der Waals surface area contributed by atoms with Crippen LogP contribution in [0.3, 0.4) is 0 Å². The van der Waals surface area contributed by atoms with Crippen molar-refractivity contribution in [3.63, 3.8) is 0 Å². The first-order valence-electron chi connectivity index (χ1n) is 4.92. The third-order valence-electron chi connectivity index (χ3n) is 2.13. The molecular weight excluding hydrogens is 260 g/mol. The minimum absolute atomic E-state index is 0.323. The number of halogens is 1. The fourth-order valence-corrected chi connectivity index (χ4v) is 1.61. The van der Waals surface area contributed by atoms with Crippen LogP contribution in [0.4, 0.5) is 0 Å². The van der Waals surface area contributed by atoms with Gasteiger partial charge in [0.05, 0.1) is 6.61 Å². The van der Waals surface area contributed by atoms with Gasteiger partial charge in [0.2, 0.25) is 6.79 Å². The van der Waals surface area contributed by atoms with E-state index in [1.807, 2.05) is 18.2 Å². The number of fused-ring (bicyclic) bond motifs is 1. The van der Waals surface area contributed by atoms with E-state index in [9.17, 15) is 0 Å². The van der Waals surface area contributed by atoms with Gasteiger partial charge in [-0.3, -0.25) is 0 Å². The second-order valence-electron chi connectivity index (χ2n) is 3.28. The van der Waals surface area contributed by atoms with Crippen LogP contribution in [0, 0.1) is 0 Å². The van der Waals surface area contributed by atoms with Crippen molar-refractivity contribution in [1.82, 2.24) is 0 Å². The van der Waals surface area contributed by atoms with Crippen LogP contribution in [-0.2, 0) is 11.3 Å². The van der Waals surface area contributed by atoms with E-state index >= 15 is 0 Å². The molecule has 3 nitrogen and oxygen atoms in total. The second kappa shape index (κ2) is 5.37. The molecule has 0 spiro atoms. The summed E-state index contributed by atoms with van der Waals surface area (Å²) in [6.07, 6.45) is 1.03. The first-order valence-corrected chi connectivity index (χ1v) is 6.04. The molecule has 4 heteroatoms. The van der Waals surface area contributed by atoms with Crippen LogP contribution in [0.15, 0.2) is 18.2 Å². The number of ether oxygens (including phenoxy) is 3.